The highest BCUT2D eigenvalue weighted by Crippen LogP contribution is 2.48. The lowest BCUT2D eigenvalue weighted by Crippen LogP contribution is -2.41. The van der Waals surface area contributed by atoms with Crippen LogP contribution in [-0.2, 0) is 14.9 Å². The number of rotatable bonds is 10. The molecule has 0 aliphatic carbocycles. The van der Waals surface area contributed by atoms with Crippen molar-refractivity contribution < 1.29 is 23.8 Å². The topological polar surface area (TPSA) is 87.9 Å². The first-order chi connectivity index (χ1) is 16.5. The van der Waals surface area contributed by atoms with Crippen molar-refractivity contribution in [1.82, 2.24) is 0 Å². The van der Waals surface area contributed by atoms with Gasteiger partial charge in [0.05, 0.1) is 30.2 Å². The van der Waals surface area contributed by atoms with Gasteiger partial charge < -0.3 is 19.9 Å². The van der Waals surface area contributed by atoms with Gasteiger partial charge in [0.2, 0.25) is 0 Å². The molecule has 2 N–H and O–H groups in total. The third-order valence-electron chi connectivity index (χ3n) is 7.03. The molecule has 1 saturated heterocycles. The molecule has 2 aromatic carbocycles. The summed E-state index contributed by atoms with van der Waals surface area (Å²) < 4.78 is 17.3. The van der Waals surface area contributed by atoms with Crippen LogP contribution in [0.15, 0.2) is 42.5 Å². The number of carbonyl (C=O) groups is 2. The molecule has 0 bridgehead atoms. The van der Waals surface area contributed by atoms with Crippen LogP contribution in [0.1, 0.15) is 84.2 Å². The molecule has 2 heterocycles. The molecule has 0 aromatic heterocycles. The van der Waals surface area contributed by atoms with Crippen molar-refractivity contribution in [3.05, 3.63) is 64.7 Å². The van der Waals surface area contributed by atoms with Gasteiger partial charge in [0.25, 0.3) is 0 Å². The van der Waals surface area contributed by atoms with Gasteiger partial charge >= 0.3 is 0 Å². The van der Waals surface area contributed by atoms with Crippen molar-refractivity contribution in [2.24, 2.45) is 5.73 Å². The maximum Gasteiger partial charge on any atom is 0.166 e. The Kier molecular flexibility index (Phi) is 7.81. The van der Waals surface area contributed by atoms with E-state index in [1.807, 2.05) is 31.2 Å². The van der Waals surface area contributed by atoms with Crippen LogP contribution >= 0.6 is 0 Å². The normalized spacial score (nSPS) is 23.9. The molecule has 2 aromatic rings. The van der Waals surface area contributed by atoms with Crippen molar-refractivity contribution in [3.63, 3.8) is 0 Å². The largest absolute Gasteiger partial charge is 0.491 e. The smallest absolute Gasteiger partial charge is 0.166 e. The number of hydrogen-bond donors (Lipinski definition) is 1. The molecule has 1 fully saturated rings. The summed E-state index contributed by atoms with van der Waals surface area (Å²) >= 11 is 0. The van der Waals surface area contributed by atoms with Crippen molar-refractivity contribution in [2.45, 2.75) is 70.1 Å². The summed E-state index contributed by atoms with van der Waals surface area (Å²) in [7, 11) is 0. The Morgan fingerprint density at radius 3 is 2.44 bits per heavy atom. The molecular weight excluding hydrogens is 430 g/mol. The summed E-state index contributed by atoms with van der Waals surface area (Å²) in [5.41, 5.74) is 8.61. The Morgan fingerprint density at radius 2 is 1.76 bits per heavy atom. The molecule has 6 nitrogen and oxygen atoms in total. The third kappa shape index (κ3) is 4.95. The zero-order chi connectivity index (χ0) is 24.1. The summed E-state index contributed by atoms with van der Waals surface area (Å²) in [5.74, 6) is 0.681. The molecular formula is C28H35NO5. The molecule has 2 aliphatic rings. The number of ether oxygens (including phenoxy) is 3. The van der Waals surface area contributed by atoms with E-state index in [1.165, 1.54) is 0 Å². The van der Waals surface area contributed by atoms with Crippen LogP contribution in [-0.4, -0.2) is 43.7 Å². The lowest BCUT2D eigenvalue weighted by atomic mass is 9.73. The fourth-order valence-corrected chi connectivity index (χ4v) is 4.93. The van der Waals surface area contributed by atoms with E-state index in [1.54, 1.807) is 6.07 Å². The van der Waals surface area contributed by atoms with Gasteiger partial charge in [-0.3, -0.25) is 9.59 Å². The van der Waals surface area contributed by atoms with E-state index in [4.69, 9.17) is 19.9 Å². The average Bonchev–Trinajstić information content (AvgIpc) is 3.26. The molecule has 2 aliphatic heterocycles. The lowest BCUT2D eigenvalue weighted by Gasteiger charge is -2.27. The van der Waals surface area contributed by atoms with E-state index < -0.39 is 0 Å². The van der Waals surface area contributed by atoms with Crippen LogP contribution in [0.5, 0.6) is 5.75 Å². The Hall–Kier alpha value is -2.54. The van der Waals surface area contributed by atoms with Crippen molar-refractivity contribution >= 4 is 11.6 Å². The molecule has 0 spiro atoms. The second-order valence-electron chi connectivity index (χ2n) is 9.29. The first-order valence-electron chi connectivity index (χ1n) is 12.4. The number of fused-ring (bicyclic) bond motifs is 1. The van der Waals surface area contributed by atoms with E-state index in [9.17, 15) is 9.59 Å². The summed E-state index contributed by atoms with van der Waals surface area (Å²) in [5, 5.41) is 0. The highest BCUT2D eigenvalue weighted by atomic mass is 16.7. The fourth-order valence-electron chi connectivity index (χ4n) is 4.93. The van der Waals surface area contributed by atoms with E-state index in [0.29, 0.717) is 49.5 Å². The monoisotopic (exact) mass is 465 g/mol. The fraction of sp³-hybridized carbons (Fsp3) is 0.500. The van der Waals surface area contributed by atoms with Gasteiger partial charge in [0.15, 0.2) is 17.9 Å². The van der Waals surface area contributed by atoms with Gasteiger partial charge in [-0.2, -0.15) is 0 Å². The number of ketones is 2. The van der Waals surface area contributed by atoms with E-state index >= 15 is 0 Å². The van der Waals surface area contributed by atoms with Crippen LogP contribution in [0, 0.1) is 0 Å². The zero-order valence-electron chi connectivity index (χ0n) is 20.2. The van der Waals surface area contributed by atoms with Crippen molar-refractivity contribution in [2.75, 3.05) is 19.8 Å². The molecule has 182 valence electrons. The number of benzene rings is 2. The summed E-state index contributed by atoms with van der Waals surface area (Å²) in [4.78, 5) is 26.0. The van der Waals surface area contributed by atoms with Gasteiger partial charge in [0.1, 0.15) is 12.4 Å². The first kappa shape index (κ1) is 24.6. The molecule has 0 unspecified atom stereocenters. The minimum absolute atomic E-state index is 0.00401. The van der Waals surface area contributed by atoms with E-state index in [2.05, 4.69) is 19.1 Å². The van der Waals surface area contributed by atoms with E-state index in [0.717, 1.165) is 36.8 Å². The molecule has 6 heteroatoms. The molecule has 0 radical (unpaired) electrons. The van der Waals surface area contributed by atoms with Crippen molar-refractivity contribution in [1.29, 1.82) is 0 Å². The molecule has 0 saturated carbocycles. The quantitative estimate of drug-likeness (QED) is 0.400. The second-order valence-corrected chi connectivity index (χ2v) is 9.29. The zero-order valence-corrected chi connectivity index (χ0v) is 20.2. The highest BCUT2D eigenvalue weighted by Gasteiger charge is 2.43. The van der Waals surface area contributed by atoms with Gasteiger partial charge in [-0.1, -0.05) is 44.2 Å². The highest BCUT2D eigenvalue weighted by molar-refractivity contribution is 6.04. The Morgan fingerprint density at radius 1 is 1.03 bits per heavy atom. The maximum absolute atomic E-state index is 13.2. The van der Waals surface area contributed by atoms with Crippen LogP contribution in [0.4, 0.5) is 0 Å². The third-order valence-corrected chi connectivity index (χ3v) is 7.03. The standard InChI is InChI=1S/C28H35NO5/c1-3-24(30)22-14-19(25(31)12-8-9-13-26-32-16-21(29)17-33-26)15-23-27(22)34-18-28(23,4-2)20-10-6-5-7-11-20/h5-7,10-11,14-15,21,26H,3-4,8-9,12-13,16-18,29H2,1-2H3/t21?,26?,28-/m0/s1. The SMILES string of the molecule is CCC(=O)c1cc(C(=O)CCCCC2OCC(N)CO2)cc2c1OC[C@@]2(CC)c1ccccc1. The molecule has 1 atom stereocenters. The summed E-state index contributed by atoms with van der Waals surface area (Å²) in [6, 6.07) is 13.9. The predicted molar refractivity (Wildman–Crippen MR) is 131 cm³/mol. The predicted octanol–water partition coefficient (Wildman–Crippen LogP) is 4.81. The number of nitrogens with two attached hydrogens (primary N) is 1. The van der Waals surface area contributed by atoms with Crippen LogP contribution in [0.2, 0.25) is 0 Å². The molecule has 0 amide bonds. The van der Waals surface area contributed by atoms with Gasteiger partial charge in [-0.15, -0.1) is 0 Å². The van der Waals surface area contributed by atoms with Gasteiger partial charge in [0, 0.05) is 24.0 Å². The Labute approximate surface area is 201 Å². The van der Waals surface area contributed by atoms with Crippen LogP contribution in [0.25, 0.3) is 0 Å². The number of hydrogen-bond acceptors (Lipinski definition) is 6. The Bertz CT molecular complexity index is 1010. The first-order valence-corrected chi connectivity index (χ1v) is 12.4. The number of carbonyl (C=O) groups excluding carboxylic acids is 2. The van der Waals surface area contributed by atoms with Crippen LogP contribution in [0.3, 0.4) is 0 Å². The van der Waals surface area contributed by atoms with Crippen molar-refractivity contribution in [3.8, 4) is 5.75 Å². The minimum atomic E-state index is -0.369. The van der Waals surface area contributed by atoms with Gasteiger partial charge in [-0.05, 0) is 43.4 Å². The average molecular weight is 466 g/mol. The molecule has 4 rings (SSSR count). The van der Waals surface area contributed by atoms with Crippen LogP contribution < -0.4 is 10.5 Å². The summed E-state index contributed by atoms with van der Waals surface area (Å²) in [6.45, 7) is 5.45. The number of Topliss-reactive ketones (excluding diaryl/α,β-unsaturated/α-hetero) is 2. The maximum atomic E-state index is 13.2. The Balaban J connectivity index is 1.54. The second kappa shape index (κ2) is 10.8. The summed E-state index contributed by atoms with van der Waals surface area (Å²) in [6.07, 6.45) is 3.65. The minimum Gasteiger partial charge on any atom is -0.491 e. The van der Waals surface area contributed by atoms with Gasteiger partial charge in [-0.25, -0.2) is 0 Å². The number of unbranched alkanes of at least 4 members (excludes halogenated alkanes) is 1. The molecule has 34 heavy (non-hydrogen) atoms. The lowest BCUT2D eigenvalue weighted by molar-refractivity contribution is -0.188. The van der Waals surface area contributed by atoms with E-state index in [-0.39, 0.29) is 29.3 Å².